The van der Waals surface area contributed by atoms with Crippen LogP contribution < -0.4 is 4.74 Å². The van der Waals surface area contributed by atoms with E-state index in [-0.39, 0.29) is 5.78 Å². The number of carbonyl (C=O) groups is 1. The lowest BCUT2D eigenvalue weighted by atomic mass is 10.0. The van der Waals surface area contributed by atoms with E-state index in [1.54, 1.807) is 6.92 Å². The molecule has 0 saturated carbocycles. The van der Waals surface area contributed by atoms with Gasteiger partial charge in [-0.2, -0.15) is 0 Å². The van der Waals surface area contributed by atoms with E-state index in [1.165, 1.54) is 0 Å². The summed E-state index contributed by atoms with van der Waals surface area (Å²) >= 11 is 0. The summed E-state index contributed by atoms with van der Waals surface area (Å²) in [7, 11) is 0. The van der Waals surface area contributed by atoms with Gasteiger partial charge in [0.15, 0.2) is 5.78 Å². The molecule has 0 bridgehead atoms. The summed E-state index contributed by atoms with van der Waals surface area (Å²) in [4.78, 5) is 11.7. The van der Waals surface area contributed by atoms with Crippen molar-refractivity contribution >= 4 is 16.6 Å². The maximum Gasteiger partial charge on any atom is 0.163 e. The topological polar surface area (TPSA) is 35.5 Å². The molecule has 3 heteroatoms. The second kappa shape index (κ2) is 7.06. The van der Waals surface area contributed by atoms with Gasteiger partial charge in [-0.05, 0) is 24.8 Å². The highest BCUT2D eigenvalue weighted by Crippen LogP contribution is 2.30. The molecule has 20 heavy (non-hydrogen) atoms. The molecule has 0 aromatic heterocycles. The van der Waals surface area contributed by atoms with Crippen LogP contribution in [0.15, 0.2) is 36.4 Å². The Balaban J connectivity index is 2.23. The molecule has 0 radical (unpaired) electrons. The van der Waals surface area contributed by atoms with Crippen molar-refractivity contribution in [3.8, 4) is 5.75 Å². The largest absolute Gasteiger partial charge is 0.490 e. The van der Waals surface area contributed by atoms with Crippen LogP contribution in [0.4, 0.5) is 0 Å². The summed E-state index contributed by atoms with van der Waals surface area (Å²) in [5, 5.41) is 2.04. The van der Waals surface area contributed by atoms with Gasteiger partial charge in [0.05, 0.1) is 12.2 Å². The third-order valence-electron chi connectivity index (χ3n) is 3.08. The molecule has 2 aromatic rings. The second-order valence-corrected chi connectivity index (χ2v) is 4.68. The molecule has 0 spiro atoms. The van der Waals surface area contributed by atoms with E-state index in [0.29, 0.717) is 24.5 Å². The molecule has 0 aliphatic heterocycles. The summed E-state index contributed by atoms with van der Waals surface area (Å²) in [6, 6.07) is 11.7. The van der Waals surface area contributed by atoms with Crippen molar-refractivity contribution in [2.45, 2.75) is 20.3 Å². The zero-order chi connectivity index (χ0) is 14.4. The number of Topliss-reactive ketones (excluding diaryl/α,β-unsaturated/α-hetero) is 1. The Morgan fingerprint density at radius 1 is 1.05 bits per heavy atom. The molecule has 106 valence electrons. The third-order valence-corrected chi connectivity index (χ3v) is 3.08. The van der Waals surface area contributed by atoms with Crippen LogP contribution in [-0.4, -0.2) is 25.6 Å². The van der Waals surface area contributed by atoms with Crippen LogP contribution in [0.25, 0.3) is 10.8 Å². The fourth-order valence-corrected chi connectivity index (χ4v) is 2.12. The SMILES string of the molecule is CCCOCCOc1c(C(C)=O)ccc2ccccc12. The highest BCUT2D eigenvalue weighted by molar-refractivity contribution is 6.03. The smallest absolute Gasteiger partial charge is 0.163 e. The zero-order valence-electron chi connectivity index (χ0n) is 12.0. The summed E-state index contributed by atoms with van der Waals surface area (Å²) in [5.74, 6) is 0.677. The molecule has 0 atom stereocenters. The van der Waals surface area contributed by atoms with Gasteiger partial charge in [-0.3, -0.25) is 4.79 Å². The van der Waals surface area contributed by atoms with E-state index in [2.05, 4.69) is 6.92 Å². The highest BCUT2D eigenvalue weighted by atomic mass is 16.5. The van der Waals surface area contributed by atoms with Crippen LogP contribution in [0.5, 0.6) is 5.75 Å². The first kappa shape index (κ1) is 14.5. The minimum Gasteiger partial charge on any atom is -0.490 e. The molecule has 2 aromatic carbocycles. The first-order chi connectivity index (χ1) is 9.74. The van der Waals surface area contributed by atoms with Crippen molar-refractivity contribution in [2.24, 2.45) is 0 Å². The van der Waals surface area contributed by atoms with Crippen molar-refractivity contribution in [1.29, 1.82) is 0 Å². The highest BCUT2D eigenvalue weighted by Gasteiger charge is 2.12. The fraction of sp³-hybridized carbons (Fsp3) is 0.353. The number of fused-ring (bicyclic) bond motifs is 1. The third kappa shape index (κ3) is 3.36. The molecule has 0 N–H and O–H groups in total. The average Bonchev–Trinajstić information content (AvgIpc) is 2.46. The van der Waals surface area contributed by atoms with Crippen molar-refractivity contribution < 1.29 is 14.3 Å². The fourth-order valence-electron chi connectivity index (χ4n) is 2.12. The minimum absolute atomic E-state index is 0.0141. The molecule has 3 nitrogen and oxygen atoms in total. The number of hydrogen-bond donors (Lipinski definition) is 0. The van der Waals surface area contributed by atoms with Gasteiger partial charge in [0.25, 0.3) is 0 Å². The van der Waals surface area contributed by atoms with Gasteiger partial charge in [0.2, 0.25) is 0 Å². The molecule has 0 amide bonds. The Labute approximate surface area is 119 Å². The number of ketones is 1. The maximum absolute atomic E-state index is 11.7. The van der Waals surface area contributed by atoms with Gasteiger partial charge in [0.1, 0.15) is 12.4 Å². The predicted octanol–water partition coefficient (Wildman–Crippen LogP) is 3.85. The average molecular weight is 272 g/mol. The normalized spacial score (nSPS) is 10.7. The Kier molecular flexibility index (Phi) is 5.13. The first-order valence-corrected chi connectivity index (χ1v) is 6.97. The molecule has 2 rings (SSSR count). The van der Waals surface area contributed by atoms with Crippen LogP contribution in [0, 0.1) is 0 Å². The number of rotatable bonds is 7. The van der Waals surface area contributed by atoms with Crippen LogP contribution >= 0.6 is 0 Å². The quantitative estimate of drug-likeness (QED) is 0.567. The van der Waals surface area contributed by atoms with Gasteiger partial charge in [-0.15, -0.1) is 0 Å². The molecular weight excluding hydrogens is 252 g/mol. The summed E-state index contributed by atoms with van der Waals surface area (Å²) in [5.41, 5.74) is 0.624. The van der Waals surface area contributed by atoms with Gasteiger partial charge in [-0.25, -0.2) is 0 Å². The Bertz CT molecular complexity index is 590. The lowest BCUT2D eigenvalue weighted by Gasteiger charge is -2.13. The molecular formula is C17H20O3. The monoisotopic (exact) mass is 272 g/mol. The van der Waals surface area contributed by atoms with Crippen LogP contribution in [0.3, 0.4) is 0 Å². The minimum atomic E-state index is 0.0141. The van der Waals surface area contributed by atoms with Crippen LogP contribution in [0.1, 0.15) is 30.6 Å². The summed E-state index contributed by atoms with van der Waals surface area (Å²) < 4.78 is 11.2. The van der Waals surface area contributed by atoms with E-state index >= 15 is 0 Å². The van der Waals surface area contributed by atoms with E-state index in [1.807, 2.05) is 36.4 Å². The van der Waals surface area contributed by atoms with E-state index < -0.39 is 0 Å². The van der Waals surface area contributed by atoms with Gasteiger partial charge in [-0.1, -0.05) is 37.3 Å². The Morgan fingerprint density at radius 2 is 1.85 bits per heavy atom. The van der Waals surface area contributed by atoms with Crippen molar-refractivity contribution in [2.75, 3.05) is 19.8 Å². The summed E-state index contributed by atoms with van der Waals surface area (Å²) in [6.45, 7) is 5.35. The van der Waals surface area contributed by atoms with E-state index in [9.17, 15) is 4.79 Å². The molecule has 0 saturated heterocycles. The molecule has 0 fully saturated rings. The Morgan fingerprint density at radius 3 is 2.60 bits per heavy atom. The second-order valence-electron chi connectivity index (χ2n) is 4.68. The van der Waals surface area contributed by atoms with Crippen LogP contribution in [0.2, 0.25) is 0 Å². The van der Waals surface area contributed by atoms with Crippen molar-refractivity contribution in [1.82, 2.24) is 0 Å². The Hall–Kier alpha value is -1.87. The number of benzene rings is 2. The van der Waals surface area contributed by atoms with Gasteiger partial charge in [0, 0.05) is 12.0 Å². The molecule has 0 aliphatic rings. The van der Waals surface area contributed by atoms with Crippen LogP contribution in [-0.2, 0) is 4.74 Å². The molecule has 0 aliphatic carbocycles. The summed E-state index contributed by atoms with van der Waals surface area (Å²) in [6.07, 6.45) is 0.993. The van der Waals surface area contributed by atoms with Gasteiger partial charge >= 0.3 is 0 Å². The molecule has 0 unspecified atom stereocenters. The lowest BCUT2D eigenvalue weighted by Crippen LogP contribution is -2.09. The first-order valence-electron chi connectivity index (χ1n) is 6.97. The predicted molar refractivity (Wildman–Crippen MR) is 80.6 cm³/mol. The number of hydrogen-bond acceptors (Lipinski definition) is 3. The number of ether oxygens (including phenoxy) is 2. The van der Waals surface area contributed by atoms with Crippen molar-refractivity contribution in [3.05, 3.63) is 42.0 Å². The zero-order valence-corrected chi connectivity index (χ0v) is 12.0. The van der Waals surface area contributed by atoms with E-state index in [4.69, 9.17) is 9.47 Å². The maximum atomic E-state index is 11.7. The van der Waals surface area contributed by atoms with Crippen molar-refractivity contribution in [3.63, 3.8) is 0 Å². The van der Waals surface area contributed by atoms with Gasteiger partial charge < -0.3 is 9.47 Å². The number of carbonyl (C=O) groups excluding carboxylic acids is 1. The standard InChI is InChI=1S/C17H20O3/c1-3-10-19-11-12-20-17-15(13(2)18)9-8-14-6-4-5-7-16(14)17/h4-9H,3,10-12H2,1-2H3. The molecule has 0 heterocycles. The lowest BCUT2D eigenvalue weighted by molar-refractivity contribution is 0.0966. The van der Waals surface area contributed by atoms with E-state index in [0.717, 1.165) is 23.8 Å².